The second-order valence-corrected chi connectivity index (χ2v) is 4.00. The quantitative estimate of drug-likeness (QED) is 0.634. The van der Waals surface area contributed by atoms with Gasteiger partial charge < -0.3 is 10.6 Å². The van der Waals surface area contributed by atoms with Crippen molar-refractivity contribution in [1.29, 1.82) is 0 Å². The molecule has 1 fully saturated rings. The Kier molecular flexibility index (Phi) is 3.09. The highest BCUT2D eigenvalue weighted by Crippen LogP contribution is 2.07. The average molecular weight is 170 g/mol. The van der Waals surface area contributed by atoms with E-state index in [2.05, 4.69) is 31.4 Å². The number of amides is 1. The Morgan fingerprint density at radius 2 is 2.25 bits per heavy atom. The predicted molar refractivity (Wildman–Crippen MR) is 48.9 cm³/mol. The first-order valence-electron chi connectivity index (χ1n) is 4.63. The van der Waals surface area contributed by atoms with Crippen LogP contribution in [-0.2, 0) is 4.79 Å². The molecular formula is C9H18N2O. The third kappa shape index (κ3) is 2.48. The van der Waals surface area contributed by atoms with Gasteiger partial charge in [0.15, 0.2) is 0 Å². The molecule has 0 aromatic heterocycles. The highest BCUT2D eigenvalue weighted by molar-refractivity contribution is 5.82. The maximum atomic E-state index is 11.3. The Balaban J connectivity index is 2.43. The summed E-state index contributed by atoms with van der Waals surface area (Å²) in [6, 6.07) is 0.431. The van der Waals surface area contributed by atoms with Crippen LogP contribution >= 0.6 is 0 Å². The van der Waals surface area contributed by atoms with Crippen LogP contribution in [-0.4, -0.2) is 24.5 Å². The second-order valence-electron chi connectivity index (χ2n) is 4.00. The Labute approximate surface area is 73.9 Å². The van der Waals surface area contributed by atoms with Gasteiger partial charge >= 0.3 is 0 Å². The van der Waals surface area contributed by atoms with Gasteiger partial charge in [0.25, 0.3) is 0 Å². The maximum absolute atomic E-state index is 11.3. The molecule has 1 unspecified atom stereocenters. The van der Waals surface area contributed by atoms with Crippen molar-refractivity contribution in [3.05, 3.63) is 0 Å². The zero-order chi connectivity index (χ0) is 9.14. The van der Waals surface area contributed by atoms with Crippen LogP contribution < -0.4 is 10.6 Å². The van der Waals surface area contributed by atoms with Crippen molar-refractivity contribution in [3.63, 3.8) is 0 Å². The maximum Gasteiger partial charge on any atom is 0.237 e. The lowest BCUT2D eigenvalue weighted by Crippen LogP contribution is -2.57. The summed E-state index contributed by atoms with van der Waals surface area (Å²) in [7, 11) is 0. The monoisotopic (exact) mass is 170 g/mol. The molecule has 2 atom stereocenters. The van der Waals surface area contributed by atoms with E-state index in [1.165, 1.54) is 0 Å². The summed E-state index contributed by atoms with van der Waals surface area (Å²) in [5.41, 5.74) is 0. The van der Waals surface area contributed by atoms with E-state index in [0.717, 1.165) is 13.0 Å². The molecule has 2 N–H and O–H groups in total. The molecular weight excluding hydrogens is 152 g/mol. The fourth-order valence-electron chi connectivity index (χ4n) is 1.50. The summed E-state index contributed by atoms with van der Waals surface area (Å²) in [5, 5.41) is 6.17. The highest BCUT2D eigenvalue weighted by atomic mass is 16.2. The summed E-state index contributed by atoms with van der Waals surface area (Å²) in [5.74, 6) is 0.723. The first-order valence-corrected chi connectivity index (χ1v) is 4.63. The third-order valence-corrected chi connectivity index (χ3v) is 2.09. The van der Waals surface area contributed by atoms with Crippen molar-refractivity contribution in [2.24, 2.45) is 5.92 Å². The molecule has 1 aliphatic rings. The van der Waals surface area contributed by atoms with E-state index in [1.807, 2.05) is 0 Å². The van der Waals surface area contributed by atoms with Crippen molar-refractivity contribution in [2.75, 3.05) is 6.54 Å². The Morgan fingerprint density at radius 1 is 1.58 bits per heavy atom. The molecule has 1 saturated heterocycles. The van der Waals surface area contributed by atoms with Crippen molar-refractivity contribution in [1.82, 2.24) is 10.6 Å². The van der Waals surface area contributed by atoms with Gasteiger partial charge in [-0.15, -0.1) is 0 Å². The molecule has 3 nitrogen and oxygen atoms in total. The van der Waals surface area contributed by atoms with Crippen LogP contribution in [0.25, 0.3) is 0 Å². The minimum Gasteiger partial charge on any atom is -0.353 e. The first-order chi connectivity index (χ1) is 5.59. The largest absolute Gasteiger partial charge is 0.353 e. The minimum absolute atomic E-state index is 0.0220. The van der Waals surface area contributed by atoms with Crippen molar-refractivity contribution >= 4 is 5.91 Å². The van der Waals surface area contributed by atoms with E-state index in [-0.39, 0.29) is 11.9 Å². The Bertz CT molecular complexity index is 166. The molecule has 1 amide bonds. The Morgan fingerprint density at radius 3 is 2.83 bits per heavy atom. The van der Waals surface area contributed by atoms with Gasteiger partial charge in [-0.05, 0) is 19.3 Å². The van der Waals surface area contributed by atoms with E-state index >= 15 is 0 Å². The topological polar surface area (TPSA) is 41.1 Å². The molecule has 0 aromatic rings. The molecule has 0 aliphatic carbocycles. The van der Waals surface area contributed by atoms with Crippen LogP contribution in [0.15, 0.2) is 0 Å². The van der Waals surface area contributed by atoms with Crippen LogP contribution in [0, 0.1) is 5.92 Å². The highest BCUT2D eigenvalue weighted by Gasteiger charge is 2.25. The molecule has 0 spiro atoms. The van der Waals surface area contributed by atoms with Gasteiger partial charge in [0.1, 0.15) is 0 Å². The van der Waals surface area contributed by atoms with Crippen molar-refractivity contribution < 1.29 is 4.79 Å². The van der Waals surface area contributed by atoms with Gasteiger partial charge in [-0.1, -0.05) is 13.8 Å². The zero-order valence-corrected chi connectivity index (χ0v) is 8.05. The van der Waals surface area contributed by atoms with Crippen LogP contribution in [0.4, 0.5) is 0 Å². The number of nitrogens with one attached hydrogen (secondary N) is 2. The van der Waals surface area contributed by atoms with Gasteiger partial charge in [0.2, 0.25) is 5.91 Å². The lowest BCUT2D eigenvalue weighted by molar-refractivity contribution is -0.125. The number of carbonyl (C=O) groups is 1. The number of hydrogen-bond acceptors (Lipinski definition) is 2. The normalized spacial score (nSPS) is 30.5. The van der Waals surface area contributed by atoms with Crippen molar-refractivity contribution in [3.8, 4) is 0 Å². The van der Waals surface area contributed by atoms with E-state index in [4.69, 9.17) is 0 Å². The van der Waals surface area contributed by atoms with Crippen LogP contribution in [0.2, 0.25) is 0 Å². The SMILES string of the molecule is CC(C)C[C@@H]1NC(C)CNC1=O. The van der Waals surface area contributed by atoms with E-state index in [9.17, 15) is 4.79 Å². The van der Waals surface area contributed by atoms with E-state index in [0.29, 0.717) is 12.0 Å². The van der Waals surface area contributed by atoms with Gasteiger partial charge in [0, 0.05) is 12.6 Å². The van der Waals surface area contributed by atoms with Gasteiger partial charge in [-0.25, -0.2) is 0 Å². The fraction of sp³-hybridized carbons (Fsp3) is 0.889. The molecule has 0 bridgehead atoms. The summed E-state index contributed by atoms with van der Waals surface area (Å²) in [6.45, 7) is 7.11. The molecule has 1 rings (SSSR count). The Hall–Kier alpha value is -0.570. The number of carbonyl (C=O) groups excluding carboxylic acids is 1. The first kappa shape index (κ1) is 9.52. The summed E-state index contributed by atoms with van der Waals surface area (Å²) in [4.78, 5) is 11.3. The van der Waals surface area contributed by atoms with Gasteiger partial charge in [-0.3, -0.25) is 4.79 Å². The van der Waals surface area contributed by atoms with Gasteiger partial charge in [-0.2, -0.15) is 0 Å². The minimum atomic E-state index is 0.0220. The van der Waals surface area contributed by atoms with Crippen LogP contribution in [0.3, 0.4) is 0 Å². The third-order valence-electron chi connectivity index (χ3n) is 2.09. The van der Waals surface area contributed by atoms with E-state index < -0.39 is 0 Å². The van der Waals surface area contributed by atoms with Crippen molar-refractivity contribution in [2.45, 2.75) is 39.3 Å². The lowest BCUT2D eigenvalue weighted by Gasteiger charge is -2.29. The number of piperazine rings is 1. The molecule has 0 radical (unpaired) electrons. The molecule has 0 aromatic carbocycles. The van der Waals surface area contributed by atoms with Gasteiger partial charge in [0.05, 0.1) is 6.04 Å². The number of rotatable bonds is 2. The second kappa shape index (κ2) is 3.90. The molecule has 0 saturated carbocycles. The molecule has 1 aliphatic heterocycles. The smallest absolute Gasteiger partial charge is 0.237 e. The predicted octanol–water partition coefficient (Wildman–Crippen LogP) is 0.509. The lowest BCUT2D eigenvalue weighted by atomic mass is 10.0. The summed E-state index contributed by atoms with van der Waals surface area (Å²) < 4.78 is 0. The van der Waals surface area contributed by atoms with Crippen LogP contribution in [0.1, 0.15) is 27.2 Å². The fourth-order valence-corrected chi connectivity index (χ4v) is 1.50. The molecule has 1 heterocycles. The zero-order valence-electron chi connectivity index (χ0n) is 8.05. The van der Waals surface area contributed by atoms with E-state index in [1.54, 1.807) is 0 Å². The molecule has 12 heavy (non-hydrogen) atoms. The standard InChI is InChI=1S/C9H18N2O/c1-6(2)4-8-9(12)10-5-7(3)11-8/h6-8,11H,4-5H2,1-3H3,(H,10,12)/t7?,8-/m0/s1. The molecule has 70 valence electrons. The number of hydrogen-bond donors (Lipinski definition) is 2. The molecule has 3 heteroatoms. The average Bonchev–Trinajstić information content (AvgIpc) is 1.96. The summed E-state index contributed by atoms with van der Waals surface area (Å²) in [6.07, 6.45) is 0.927. The summed E-state index contributed by atoms with van der Waals surface area (Å²) >= 11 is 0. The van der Waals surface area contributed by atoms with Crippen LogP contribution in [0.5, 0.6) is 0 Å².